The van der Waals surface area contributed by atoms with Crippen molar-refractivity contribution in [2.24, 2.45) is 0 Å². The van der Waals surface area contributed by atoms with Crippen LogP contribution in [0.4, 0.5) is 4.39 Å². The standard InChI is InChI=1S/C23H21FN2O2/c1-15-7-11-17(12-8-15)22(27)25-21(19-5-3-4-6-20(19)24)26-23(28)18-13-9-16(2)10-14-18/h3-14,21H,1-2H3,(H,25,27)(H,26,28). The molecule has 142 valence electrons. The van der Waals surface area contributed by atoms with Gasteiger partial charge in [-0.25, -0.2) is 4.39 Å². The second-order valence-corrected chi connectivity index (χ2v) is 6.63. The summed E-state index contributed by atoms with van der Waals surface area (Å²) in [5.41, 5.74) is 3.08. The van der Waals surface area contributed by atoms with Gasteiger partial charge in [0, 0.05) is 16.7 Å². The molecule has 2 N–H and O–H groups in total. The number of hydrogen-bond donors (Lipinski definition) is 2. The molecule has 3 rings (SSSR count). The first kappa shape index (κ1) is 19.3. The number of carbonyl (C=O) groups excluding carboxylic acids is 2. The first-order valence-electron chi connectivity index (χ1n) is 8.93. The molecule has 3 aromatic carbocycles. The fraction of sp³-hybridized carbons (Fsp3) is 0.130. The van der Waals surface area contributed by atoms with Gasteiger partial charge in [-0.3, -0.25) is 9.59 Å². The molecule has 0 aromatic heterocycles. The second-order valence-electron chi connectivity index (χ2n) is 6.63. The van der Waals surface area contributed by atoms with E-state index in [0.29, 0.717) is 11.1 Å². The lowest BCUT2D eigenvalue weighted by atomic mass is 10.1. The van der Waals surface area contributed by atoms with Crippen molar-refractivity contribution in [3.8, 4) is 0 Å². The molecular formula is C23H21FN2O2. The lowest BCUT2D eigenvalue weighted by Gasteiger charge is -2.21. The van der Waals surface area contributed by atoms with Crippen molar-refractivity contribution in [3.05, 3.63) is 106 Å². The Morgan fingerprint density at radius 1 is 0.714 bits per heavy atom. The summed E-state index contributed by atoms with van der Waals surface area (Å²) < 4.78 is 14.3. The summed E-state index contributed by atoms with van der Waals surface area (Å²) in [6, 6.07) is 20.0. The number of carbonyl (C=O) groups is 2. The molecule has 28 heavy (non-hydrogen) atoms. The number of rotatable bonds is 5. The van der Waals surface area contributed by atoms with Crippen LogP contribution < -0.4 is 10.6 Å². The van der Waals surface area contributed by atoms with Crippen molar-refractivity contribution in [3.63, 3.8) is 0 Å². The second kappa shape index (κ2) is 8.48. The zero-order valence-electron chi connectivity index (χ0n) is 15.7. The van der Waals surface area contributed by atoms with Gasteiger partial charge in [-0.15, -0.1) is 0 Å². The van der Waals surface area contributed by atoms with Gasteiger partial charge < -0.3 is 10.6 Å². The van der Waals surface area contributed by atoms with Crippen molar-refractivity contribution in [2.75, 3.05) is 0 Å². The molecule has 2 amide bonds. The van der Waals surface area contributed by atoms with Crippen molar-refractivity contribution in [1.82, 2.24) is 10.6 Å². The maximum absolute atomic E-state index is 14.3. The van der Waals surface area contributed by atoms with Crippen LogP contribution in [0, 0.1) is 19.7 Å². The van der Waals surface area contributed by atoms with Crippen LogP contribution in [-0.4, -0.2) is 11.8 Å². The molecule has 0 spiro atoms. The highest BCUT2D eigenvalue weighted by Gasteiger charge is 2.21. The molecule has 0 aliphatic carbocycles. The minimum atomic E-state index is -1.01. The van der Waals surface area contributed by atoms with Gasteiger partial charge in [-0.2, -0.15) is 0 Å². The highest BCUT2D eigenvalue weighted by Crippen LogP contribution is 2.17. The summed E-state index contributed by atoms with van der Waals surface area (Å²) in [5.74, 6) is -1.32. The van der Waals surface area contributed by atoms with Crippen LogP contribution in [0.1, 0.15) is 43.6 Å². The number of nitrogens with one attached hydrogen (secondary N) is 2. The highest BCUT2D eigenvalue weighted by molar-refractivity contribution is 5.96. The van der Waals surface area contributed by atoms with Gasteiger partial charge in [0.25, 0.3) is 11.8 Å². The molecule has 0 fully saturated rings. The van der Waals surface area contributed by atoms with Gasteiger partial charge in [0.05, 0.1) is 0 Å². The zero-order chi connectivity index (χ0) is 20.1. The molecule has 0 heterocycles. The van der Waals surface area contributed by atoms with E-state index < -0.39 is 23.8 Å². The fourth-order valence-electron chi connectivity index (χ4n) is 2.74. The van der Waals surface area contributed by atoms with E-state index in [-0.39, 0.29) is 5.56 Å². The summed E-state index contributed by atoms with van der Waals surface area (Å²) in [7, 11) is 0. The molecule has 0 unspecified atom stereocenters. The van der Waals surface area contributed by atoms with Crippen molar-refractivity contribution in [2.45, 2.75) is 20.0 Å². The van der Waals surface area contributed by atoms with Crippen LogP contribution in [-0.2, 0) is 0 Å². The Balaban J connectivity index is 1.86. The summed E-state index contributed by atoms with van der Waals surface area (Å²) in [4.78, 5) is 25.3. The lowest BCUT2D eigenvalue weighted by molar-refractivity contribution is 0.0882. The lowest BCUT2D eigenvalue weighted by Crippen LogP contribution is -2.41. The third-order valence-electron chi connectivity index (χ3n) is 4.39. The predicted octanol–water partition coefficient (Wildman–Crippen LogP) is 4.30. The zero-order valence-corrected chi connectivity index (χ0v) is 15.7. The van der Waals surface area contributed by atoms with E-state index in [1.54, 1.807) is 36.4 Å². The minimum absolute atomic E-state index is 0.184. The molecule has 5 heteroatoms. The van der Waals surface area contributed by atoms with E-state index in [9.17, 15) is 14.0 Å². The number of halogens is 1. The molecule has 0 atom stereocenters. The molecule has 0 radical (unpaired) electrons. The Labute approximate surface area is 163 Å². The largest absolute Gasteiger partial charge is 0.328 e. The molecule has 4 nitrogen and oxygen atoms in total. The molecule has 0 aliphatic rings. The molecule has 0 bridgehead atoms. The van der Waals surface area contributed by atoms with E-state index in [4.69, 9.17) is 0 Å². The van der Waals surface area contributed by atoms with Crippen molar-refractivity contribution >= 4 is 11.8 Å². The summed E-state index contributed by atoms with van der Waals surface area (Å²) in [6.07, 6.45) is -1.01. The summed E-state index contributed by atoms with van der Waals surface area (Å²) >= 11 is 0. The normalized spacial score (nSPS) is 10.6. The first-order valence-corrected chi connectivity index (χ1v) is 8.93. The minimum Gasteiger partial charge on any atom is -0.328 e. The van der Waals surface area contributed by atoms with Crippen LogP contribution in [0.5, 0.6) is 0 Å². The SMILES string of the molecule is Cc1ccc(C(=O)NC(NC(=O)c2ccc(C)cc2)c2ccccc2F)cc1. The molecule has 0 saturated heterocycles. The Hall–Kier alpha value is -3.47. The molecular weight excluding hydrogens is 355 g/mol. The average molecular weight is 376 g/mol. The van der Waals surface area contributed by atoms with E-state index in [1.807, 2.05) is 38.1 Å². The monoisotopic (exact) mass is 376 g/mol. The smallest absolute Gasteiger partial charge is 0.253 e. The van der Waals surface area contributed by atoms with E-state index in [0.717, 1.165) is 11.1 Å². The summed E-state index contributed by atoms with van der Waals surface area (Å²) in [5, 5.41) is 5.42. The van der Waals surface area contributed by atoms with E-state index in [2.05, 4.69) is 10.6 Å². The average Bonchev–Trinajstić information content (AvgIpc) is 2.69. The van der Waals surface area contributed by atoms with Crippen LogP contribution >= 0.6 is 0 Å². The van der Waals surface area contributed by atoms with E-state index >= 15 is 0 Å². The van der Waals surface area contributed by atoms with Gasteiger partial charge in [-0.05, 0) is 44.2 Å². The number of benzene rings is 3. The number of hydrogen-bond acceptors (Lipinski definition) is 2. The Morgan fingerprint density at radius 2 is 1.14 bits per heavy atom. The van der Waals surface area contributed by atoms with Crippen LogP contribution in [0.25, 0.3) is 0 Å². The maximum Gasteiger partial charge on any atom is 0.253 e. The maximum atomic E-state index is 14.3. The van der Waals surface area contributed by atoms with Gasteiger partial charge in [0.1, 0.15) is 12.0 Å². The topological polar surface area (TPSA) is 58.2 Å². The third kappa shape index (κ3) is 4.62. The van der Waals surface area contributed by atoms with Gasteiger partial charge in [0.2, 0.25) is 0 Å². The molecule has 0 saturated carbocycles. The van der Waals surface area contributed by atoms with Crippen molar-refractivity contribution in [1.29, 1.82) is 0 Å². The first-order chi connectivity index (χ1) is 13.4. The summed E-state index contributed by atoms with van der Waals surface area (Å²) in [6.45, 7) is 3.84. The van der Waals surface area contributed by atoms with E-state index in [1.165, 1.54) is 12.1 Å². The van der Waals surface area contributed by atoms with Crippen molar-refractivity contribution < 1.29 is 14.0 Å². The quantitative estimate of drug-likeness (QED) is 0.652. The predicted molar refractivity (Wildman–Crippen MR) is 106 cm³/mol. The highest BCUT2D eigenvalue weighted by atomic mass is 19.1. The number of amides is 2. The van der Waals surface area contributed by atoms with Gasteiger partial charge >= 0.3 is 0 Å². The Morgan fingerprint density at radius 3 is 1.57 bits per heavy atom. The number of aryl methyl sites for hydroxylation is 2. The third-order valence-corrected chi connectivity index (χ3v) is 4.39. The molecule has 3 aromatic rings. The van der Waals surface area contributed by atoms with Crippen LogP contribution in [0.2, 0.25) is 0 Å². The van der Waals surface area contributed by atoms with Gasteiger partial charge in [-0.1, -0.05) is 53.6 Å². The Bertz CT molecular complexity index is 923. The van der Waals surface area contributed by atoms with Crippen LogP contribution in [0.3, 0.4) is 0 Å². The fourth-order valence-corrected chi connectivity index (χ4v) is 2.74. The van der Waals surface area contributed by atoms with Crippen LogP contribution in [0.15, 0.2) is 72.8 Å². The van der Waals surface area contributed by atoms with Gasteiger partial charge in [0.15, 0.2) is 0 Å². The Kier molecular flexibility index (Phi) is 5.84. The molecule has 0 aliphatic heterocycles.